The highest BCUT2D eigenvalue weighted by molar-refractivity contribution is 7.75. The number of rotatable bonds is 0. The quantitative estimate of drug-likeness (QED) is 0.450. The van der Waals surface area contributed by atoms with Crippen molar-refractivity contribution < 1.29 is 22.8 Å². The van der Waals surface area contributed by atoms with E-state index >= 15 is 0 Å². The van der Waals surface area contributed by atoms with E-state index in [1.165, 1.54) is 0 Å². The van der Waals surface area contributed by atoms with Crippen molar-refractivity contribution in [3.05, 3.63) is 0 Å². The molecule has 5 nitrogen and oxygen atoms in total. The van der Waals surface area contributed by atoms with Crippen molar-refractivity contribution in [2.45, 2.75) is 19.0 Å². The van der Waals surface area contributed by atoms with Gasteiger partial charge in [0.15, 0.2) is 0 Å². The van der Waals surface area contributed by atoms with Gasteiger partial charge in [0, 0.05) is 0 Å². The Balaban J connectivity index is 2.69. The molecule has 1 fully saturated rings. The molecular weight excluding hydrogens is 148 g/mol. The SMILES string of the molecule is CC1(O)OS(=O)OC1O. The maximum atomic E-state index is 10.2. The van der Waals surface area contributed by atoms with Gasteiger partial charge >= 0.3 is 11.4 Å². The van der Waals surface area contributed by atoms with Crippen LogP contribution in [0, 0.1) is 0 Å². The van der Waals surface area contributed by atoms with E-state index in [0.29, 0.717) is 0 Å². The Labute approximate surface area is 54.1 Å². The van der Waals surface area contributed by atoms with Crippen LogP contribution in [0.25, 0.3) is 0 Å². The lowest BCUT2D eigenvalue weighted by Gasteiger charge is -2.13. The molecule has 9 heavy (non-hydrogen) atoms. The van der Waals surface area contributed by atoms with Gasteiger partial charge in [-0.25, -0.2) is 8.37 Å². The van der Waals surface area contributed by atoms with E-state index in [4.69, 9.17) is 10.2 Å². The summed E-state index contributed by atoms with van der Waals surface area (Å²) < 4.78 is 18.6. The van der Waals surface area contributed by atoms with Gasteiger partial charge in [0.05, 0.1) is 0 Å². The van der Waals surface area contributed by atoms with Gasteiger partial charge in [-0.2, -0.15) is 4.21 Å². The number of hydrogen-bond donors (Lipinski definition) is 2. The summed E-state index contributed by atoms with van der Waals surface area (Å²) in [6.07, 6.45) is -1.53. The van der Waals surface area contributed by atoms with Crippen molar-refractivity contribution >= 4 is 11.4 Å². The van der Waals surface area contributed by atoms with E-state index in [2.05, 4.69) is 8.37 Å². The summed E-state index contributed by atoms with van der Waals surface area (Å²) in [6, 6.07) is 0. The smallest absolute Gasteiger partial charge is 0.310 e. The van der Waals surface area contributed by atoms with Crippen molar-refractivity contribution in [3.8, 4) is 0 Å². The molecule has 0 aromatic rings. The van der Waals surface area contributed by atoms with Crippen LogP contribution >= 0.6 is 0 Å². The van der Waals surface area contributed by atoms with Crippen LogP contribution in [-0.2, 0) is 19.7 Å². The molecule has 1 rings (SSSR count). The second kappa shape index (κ2) is 1.99. The van der Waals surface area contributed by atoms with Gasteiger partial charge in [-0.05, 0) is 6.92 Å². The molecule has 3 unspecified atom stereocenters. The fraction of sp³-hybridized carbons (Fsp3) is 1.00. The maximum Gasteiger partial charge on any atom is 0.310 e. The lowest BCUT2D eigenvalue weighted by Crippen LogP contribution is -2.35. The van der Waals surface area contributed by atoms with Crippen LogP contribution in [0.15, 0.2) is 0 Å². The third kappa shape index (κ3) is 1.28. The number of aliphatic hydroxyl groups is 2. The minimum absolute atomic E-state index is 1.16. The zero-order valence-electron chi connectivity index (χ0n) is 4.60. The zero-order valence-corrected chi connectivity index (χ0v) is 5.42. The van der Waals surface area contributed by atoms with Gasteiger partial charge in [0.1, 0.15) is 0 Å². The van der Waals surface area contributed by atoms with Gasteiger partial charge in [-0.1, -0.05) is 0 Å². The Morgan fingerprint density at radius 2 is 2.33 bits per heavy atom. The predicted octanol–water partition coefficient (Wildman–Crippen LogP) is -1.36. The van der Waals surface area contributed by atoms with Gasteiger partial charge in [-0.3, -0.25) is 0 Å². The molecule has 3 atom stereocenters. The molecule has 2 N–H and O–H groups in total. The van der Waals surface area contributed by atoms with Crippen LogP contribution in [-0.4, -0.2) is 26.5 Å². The van der Waals surface area contributed by atoms with Gasteiger partial charge in [0.25, 0.3) is 0 Å². The normalized spacial score (nSPS) is 51.9. The fourth-order valence-electron chi connectivity index (χ4n) is 0.362. The summed E-state index contributed by atoms with van der Waals surface area (Å²) in [7, 11) is 0. The largest absolute Gasteiger partial charge is 0.363 e. The molecule has 1 saturated heterocycles. The number of hydrogen-bond acceptors (Lipinski definition) is 5. The molecule has 0 saturated carbocycles. The molecule has 0 amide bonds. The summed E-state index contributed by atoms with van der Waals surface area (Å²) in [4.78, 5) is 0. The monoisotopic (exact) mass is 154 g/mol. The Bertz CT molecular complexity index is 143. The molecule has 0 radical (unpaired) electrons. The molecule has 0 aromatic heterocycles. The third-order valence-corrected chi connectivity index (χ3v) is 1.68. The Morgan fingerprint density at radius 1 is 1.78 bits per heavy atom. The molecule has 1 aliphatic heterocycles. The van der Waals surface area contributed by atoms with Crippen molar-refractivity contribution in [1.82, 2.24) is 0 Å². The molecule has 0 spiro atoms. The van der Waals surface area contributed by atoms with Crippen LogP contribution < -0.4 is 0 Å². The van der Waals surface area contributed by atoms with E-state index < -0.39 is 23.4 Å². The summed E-state index contributed by atoms with van der Waals surface area (Å²) in [5, 5.41) is 17.5. The van der Waals surface area contributed by atoms with E-state index in [9.17, 15) is 4.21 Å². The Hall–Kier alpha value is -0.0100. The summed E-state index contributed by atoms with van der Waals surface area (Å²) in [5.41, 5.74) is 0. The molecule has 0 aromatic carbocycles. The van der Waals surface area contributed by atoms with Crippen molar-refractivity contribution in [3.63, 3.8) is 0 Å². The maximum absolute atomic E-state index is 10.2. The summed E-state index contributed by atoms with van der Waals surface area (Å²) >= 11 is -2.02. The Morgan fingerprint density at radius 3 is 2.44 bits per heavy atom. The summed E-state index contributed by atoms with van der Waals surface area (Å²) in [5.74, 6) is -1.84. The van der Waals surface area contributed by atoms with Crippen LogP contribution in [0.2, 0.25) is 0 Å². The predicted molar refractivity (Wildman–Crippen MR) is 26.9 cm³/mol. The second-order valence-corrected chi connectivity index (χ2v) is 2.56. The van der Waals surface area contributed by atoms with Crippen molar-refractivity contribution in [2.24, 2.45) is 0 Å². The lowest BCUT2D eigenvalue weighted by molar-refractivity contribution is -0.210. The summed E-state index contributed by atoms with van der Waals surface area (Å²) in [6.45, 7) is 1.16. The first-order chi connectivity index (χ1) is 4.02. The van der Waals surface area contributed by atoms with Gasteiger partial charge in [0.2, 0.25) is 12.1 Å². The van der Waals surface area contributed by atoms with Crippen molar-refractivity contribution in [1.29, 1.82) is 0 Å². The van der Waals surface area contributed by atoms with E-state index in [1.54, 1.807) is 0 Å². The number of aliphatic hydroxyl groups excluding tert-OH is 1. The highest BCUT2D eigenvalue weighted by atomic mass is 32.2. The van der Waals surface area contributed by atoms with Gasteiger partial charge < -0.3 is 10.2 Å². The second-order valence-electron chi connectivity index (χ2n) is 1.79. The topological polar surface area (TPSA) is 76.0 Å². The molecule has 0 bridgehead atoms. The molecule has 54 valence electrons. The minimum atomic E-state index is -2.02. The van der Waals surface area contributed by atoms with Crippen LogP contribution in [0.3, 0.4) is 0 Å². The van der Waals surface area contributed by atoms with Crippen molar-refractivity contribution in [2.75, 3.05) is 0 Å². The molecule has 1 aliphatic rings. The van der Waals surface area contributed by atoms with Crippen LogP contribution in [0.5, 0.6) is 0 Å². The Kier molecular flexibility index (Phi) is 1.57. The highest BCUT2D eigenvalue weighted by Gasteiger charge is 2.43. The third-order valence-electron chi connectivity index (χ3n) is 0.865. The molecular formula is C3H6O5S. The molecule has 0 aliphatic carbocycles. The van der Waals surface area contributed by atoms with Crippen LogP contribution in [0.1, 0.15) is 6.92 Å². The van der Waals surface area contributed by atoms with E-state index in [-0.39, 0.29) is 0 Å². The zero-order chi connectivity index (χ0) is 7.07. The average molecular weight is 154 g/mol. The first-order valence-electron chi connectivity index (χ1n) is 2.21. The van der Waals surface area contributed by atoms with Crippen LogP contribution in [0.4, 0.5) is 0 Å². The minimum Gasteiger partial charge on any atom is -0.363 e. The van der Waals surface area contributed by atoms with E-state index in [0.717, 1.165) is 6.92 Å². The van der Waals surface area contributed by atoms with Gasteiger partial charge in [-0.15, -0.1) is 0 Å². The lowest BCUT2D eigenvalue weighted by atomic mass is 10.3. The standard InChI is InChI=1S/C3H6O5S/c1-3(5)2(4)7-9(6)8-3/h2,4-5H,1H3. The van der Waals surface area contributed by atoms with E-state index in [1.807, 2.05) is 0 Å². The molecule has 6 heteroatoms. The average Bonchev–Trinajstić information content (AvgIpc) is 1.79. The fourth-order valence-corrected chi connectivity index (χ4v) is 1.09. The molecule has 1 heterocycles. The first kappa shape index (κ1) is 7.10. The highest BCUT2D eigenvalue weighted by Crippen LogP contribution is 2.23. The first-order valence-corrected chi connectivity index (χ1v) is 3.21.